The van der Waals surface area contributed by atoms with Crippen molar-refractivity contribution < 1.29 is 9.72 Å². The molecular formula is C19H14BrN7O3S. The summed E-state index contributed by atoms with van der Waals surface area (Å²) in [5, 5.41) is 15.0. The molecule has 0 saturated carbocycles. The molecule has 0 unspecified atom stereocenters. The Morgan fingerprint density at radius 2 is 1.87 bits per heavy atom. The van der Waals surface area contributed by atoms with Crippen LogP contribution < -0.4 is 16.2 Å². The first-order chi connectivity index (χ1) is 14.9. The summed E-state index contributed by atoms with van der Waals surface area (Å²) in [5.41, 5.74) is 6.72. The van der Waals surface area contributed by atoms with Gasteiger partial charge < -0.3 is 5.32 Å². The molecule has 0 spiro atoms. The molecule has 4 rings (SSSR count). The summed E-state index contributed by atoms with van der Waals surface area (Å²) in [4.78, 5) is 35.7. The lowest BCUT2D eigenvalue weighted by atomic mass is 10.2. The Hall–Kier alpha value is -3.64. The van der Waals surface area contributed by atoms with E-state index in [2.05, 4.69) is 47.1 Å². The van der Waals surface area contributed by atoms with Gasteiger partial charge in [0.15, 0.2) is 5.13 Å². The number of carbonyl (C=O) groups is 1. The molecule has 4 aromatic rings. The van der Waals surface area contributed by atoms with E-state index >= 15 is 0 Å². The highest BCUT2D eigenvalue weighted by Gasteiger charge is 2.24. The molecule has 2 heterocycles. The van der Waals surface area contributed by atoms with Gasteiger partial charge in [0, 0.05) is 10.0 Å². The number of aromatic nitrogens is 3. The molecule has 1 amide bonds. The highest BCUT2D eigenvalue weighted by atomic mass is 79.9. The van der Waals surface area contributed by atoms with Gasteiger partial charge in [-0.15, -0.1) is 0 Å². The Balaban J connectivity index is 1.57. The molecule has 10 nitrogen and oxygen atoms in total. The highest BCUT2D eigenvalue weighted by molar-refractivity contribution is 9.10. The molecule has 0 saturated heterocycles. The van der Waals surface area contributed by atoms with Crippen LogP contribution in [0.15, 0.2) is 53.3 Å². The van der Waals surface area contributed by atoms with E-state index in [4.69, 9.17) is 0 Å². The third-order valence-electron chi connectivity index (χ3n) is 4.17. The number of nitro groups is 1. The number of nitrogens with zero attached hydrogens (tertiary/aromatic N) is 4. The molecule has 31 heavy (non-hydrogen) atoms. The maximum Gasteiger partial charge on any atom is 0.355 e. The van der Waals surface area contributed by atoms with Crippen LogP contribution in [0.2, 0.25) is 0 Å². The minimum absolute atomic E-state index is 0.0452. The average Bonchev–Trinajstić information content (AvgIpc) is 3.13. The van der Waals surface area contributed by atoms with Crippen LogP contribution in [0.25, 0.3) is 10.2 Å². The standard InChI is InChI=1S/C19H14BrN7O3S/c1-10-2-7-13-14(8-10)31-19(23-13)24-16-15(27(29)30)17(22-9-21-16)25-26-18(28)11-3-5-12(20)6-4-11/h2-9H,1H3,(H,26,28)(H2,21,22,23,24,25). The van der Waals surface area contributed by atoms with Crippen LogP contribution in [-0.4, -0.2) is 25.8 Å². The molecule has 0 radical (unpaired) electrons. The first-order valence-corrected chi connectivity index (χ1v) is 10.5. The van der Waals surface area contributed by atoms with Crippen LogP contribution in [0.4, 0.5) is 22.5 Å². The number of nitrogens with one attached hydrogen (secondary N) is 3. The largest absolute Gasteiger partial charge is 0.355 e. The van der Waals surface area contributed by atoms with E-state index in [1.807, 2.05) is 25.1 Å². The number of aryl methyl sites for hydroxylation is 1. The van der Waals surface area contributed by atoms with Crippen molar-refractivity contribution in [3.05, 3.63) is 74.5 Å². The number of benzene rings is 2. The van der Waals surface area contributed by atoms with E-state index in [1.165, 1.54) is 11.3 Å². The second-order valence-corrected chi connectivity index (χ2v) is 8.32. The van der Waals surface area contributed by atoms with Gasteiger partial charge in [-0.1, -0.05) is 33.3 Å². The maximum atomic E-state index is 12.3. The topological polar surface area (TPSA) is 135 Å². The van der Waals surface area contributed by atoms with Crippen LogP contribution in [0, 0.1) is 17.0 Å². The zero-order valence-electron chi connectivity index (χ0n) is 15.9. The van der Waals surface area contributed by atoms with E-state index in [1.54, 1.807) is 24.3 Å². The number of hydrazine groups is 1. The maximum absolute atomic E-state index is 12.3. The first-order valence-electron chi connectivity index (χ1n) is 8.86. The summed E-state index contributed by atoms with van der Waals surface area (Å²) < 4.78 is 1.77. The van der Waals surface area contributed by atoms with Gasteiger partial charge in [-0.2, -0.15) is 0 Å². The fourth-order valence-corrected chi connectivity index (χ4v) is 3.94. The van der Waals surface area contributed by atoms with E-state index in [-0.39, 0.29) is 11.6 Å². The Bertz CT molecular complexity index is 1290. The third kappa shape index (κ3) is 4.59. The summed E-state index contributed by atoms with van der Waals surface area (Å²) >= 11 is 4.64. The Morgan fingerprint density at radius 3 is 2.61 bits per heavy atom. The van der Waals surface area contributed by atoms with Gasteiger partial charge >= 0.3 is 5.69 Å². The van der Waals surface area contributed by atoms with Crippen molar-refractivity contribution in [2.24, 2.45) is 0 Å². The van der Waals surface area contributed by atoms with Gasteiger partial charge in [0.2, 0.25) is 11.6 Å². The fourth-order valence-electron chi connectivity index (χ4n) is 2.71. The van der Waals surface area contributed by atoms with E-state index < -0.39 is 16.5 Å². The van der Waals surface area contributed by atoms with E-state index in [0.717, 1.165) is 26.6 Å². The first kappa shape index (κ1) is 20.6. The van der Waals surface area contributed by atoms with Gasteiger partial charge in [0.25, 0.3) is 5.91 Å². The number of amides is 1. The second-order valence-electron chi connectivity index (χ2n) is 6.38. The monoisotopic (exact) mass is 499 g/mol. The van der Waals surface area contributed by atoms with Crippen LogP contribution in [0.1, 0.15) is 15.9 Å². The minimum atomic E-state index is -0.631. The molecule has 0 bridgehead atoms. The van der Waals surface area contributed by atoms with Crippen molar-refractivity contribution in [3.63, 3.8) is 0 Å². The number of fused-ring (bicyclic) bond motifs is 1. The summed E-state index contributed by atoms with van der Waals surface area (Å²) in [5.74, 6) is -0.683. The molecule has 2 aromatic carbocycles. The third-order valence-corrected chi connectivity index (χ3v) is 5.64. The molecule has 0 atom stereocenters. The van der Waals surface area contributed by atoms with Gasteiger partial charge in [0.05, 0.1) is 15.1 Å². The lowest BCUT2D eigenvalue weighted by molar-refractivity contribution is -0.383. The van der Waals surface area contributed by atoms with Crippen LogP contribution >= 0.6 is 27.3 Å². The normalized spacial score (nSPS) is 10.6. The van der Waals surface area contributed by atoms with Crippen LogP contribution in [0.3, 0.4) is 0 Å². The van der Waals surface area contributed by atoms with E-state index in [9.17, 15) is 14.9 Å². The zero-order valence-corrected chi connectivity index (χ0v) is 18.3. The fraction of sp³-hybridized carbons (Fsp3) is 0.0526. The number of hydrogen-bond donors (Lipinski definition) is 3. The summed E-state index contributed by atoms with van der Waals surface area (Å²) in [6.07, 6.45) is 1.15. The molecule has 3 N–H and O–H groups in total. The molecular weight excluding hydrogens is 486 g/mol. The van der Waals surface area contributed by atoms with Crippen molar-refractivity contribution in [2.75, 3.05) is 10.7 Å². The zero-order chi connectivity index (χ0) is 22.0. The Kier molecular flexibility index (Phi) is 5.73. The molecule has 0 fully saturated rings. The lowest BCUT2D eigenvalue weighted by Gasteiger charge is -2.10. The van der Waals surface area contributed by atoms with Crippen molar-refractivity contribution in [1.29, 1.82) is 0 Å². The van der Waals surface area contributed by atoms with Crippen molar-refractivity contribution in [1.82, 2.24) is 20.4 Å². The number of thiazole rings is 1. The Labute approximate surface area is 188 Å². The Morgan fingerprint density at radius 1 is 1.13 bits per heavy atom. The predicted molar refractivity (Wildman–Crippen MR) is 122 cm³/mol. The lowest BCUT2D eigenvalue weighted by Crippen LogP contribution is -2.30. The quantitative estimate of drug-likeness (QED) is 0.259. The minimum Gasteiger partial charge on any atom is -0.310 e. The van der Waals surface area contributed by atoms with Crippen LogP contribution in [0.5, 0.6) is 0 Å². The SMILES string of the molecule is Cc1ccc2nc(Nc3ncnc(NNC(=O)c4ccc(Br)cc4)c3[N+](=O)[O-])sc2c1. The number of carbonyl (C=O) groups excluding carboxylic acids is 1. The van der Waals surface area contributed by atoms with Gasteiger partial charge in [-0.25, -0.2) is 15.0 Å². The average molecular weight is 500 g/mol. The number of rotatable bonds is 6. The van der Waals surface area contributed by atoms with Crippen molar-refractivity contribution in [3.8, 4) is 0 Å². The molecule has 12 heteroatoms. The number of hydrogen-bond acceptors (Lipinski definition) is 9. The molecule has 156 valence electrons. The number of anilines is 3. The molecule has 0 aliphatic carbocycles. The smallest absolute Gasteiger partial charge is 0.310 e. The second kappa shape index (κ2) is 8.62. The molecule has 0 aliphatic rings. The number of halogens is 1. The molecule has 2 aromatic heterocycles. The summed E-state index contributed by atoms with van der Waals surface area (Å²) in [7, 11) is 0. The van der Waals surface area contributed by atoms with Crippen LogP contribution in [-0.2, 0) is 0 Å². The predicted octanol–water partition coefficient (Wildman–Crippen LogP) is 4.57. The van der Waals surface area contributed by atoms with Crippen molar-refractivity contribution in [2.45, 2.75) is 6.92 Å². The van der Waals surface area contributed by atoms with Gasteiger partial charge in [-0.05, 0) is 48.9 Å². The summed E-state index contributed by atoms with van der Waals surface area (Å²) in [6.45, 7) is 1.97. The molecule has 0 aliphatic heterocycles. The highest BCUT2D eigenvalue weighted by Crippen LogP contribution is 2.34. The van der Waals surface area contributed by atoms with Gasteiger partial charge in [-0.3, -0.25) is 25.8 Å². The van der Waals surface area contributed by atoms with Crippen molar-refractivity contribution >= 4 is 65.8 Å². The summed E-state index contributed by atoms with van der Waals surface area (Å²) in [6, 6.07) is 12.4. The van der Waals surface area contributed by atoms with Gasteiger partial charge in [0.1, 0.15) is 6.33 Å². The van der Waals surface area contributed by atoms with E-state index in [0.29, 0.717) is 10.7 Å².